The maximum Gasteiger partial charge on any atom is 0.319 e. The van der Waals surface area contributed by atoms with E-state index in [4.69, 9.17) is 11.6 Å². The topological polar surface area (TPSA) is 43.4 Å². The Balaban J connectivity index is 4.38. The molecule has 88 valence electrons. The van der Waals surface area contributed by atoms with Gasteiger partial charge in [0, 0.05) is 12.3 Å². The van der Waals surface area contributed by atoms with Crippen LogP contribution in [0.4, 0.5) is 0 Å². The second-order valence-electron chi connectivity index (χ2n) is 3.75. The van der Waals surface area contributed by atoms with Crippen LogP contribution in [0, 0.1) is 5.41 Å². The zero-order valence-electron chi connectivity index (χ0n) is 9.64. The van der Waals surface area contributed by atoms with Crippen LogP contribution >= 0.6 is 11.6 Å². The molecule has 0 radical (unpaired) electrons. The summed E-state index contributed by atoms with van der Waals surface area (Å²) in [5.74, 6) is 0.0526. The summed E-state index contributed by atoms with van der Waals surface area (Å²) >= 11 is 5.52. The molecule has 0 N–H and O–H groups in total. The van der Waals surface area contributed by atoms with Crippen molar-refractivity contribution in [3.63, 3.8) is 0 Å². The second-order valence-corrected chi connectivity index (χ2v) is 4.12. The summed E-state index contributed by atoms with van der Waals surface area (Å²) in [6, 6.07) is 0. The van der Waals surface area contributed by atoms with E-state index in [9.17, 15) is 9.59 Å². The number of methoxy groups -OCH3 is 1. The summed E-state index contributed by atoms with van der Waals surface area (Å²) < 4.78 is 4.65. The van der Waals surface area contributed by atoms with Gasteiger partial charge in [0.25, 0.3) is 0 Å². The van der Waals surface area contributed by atoms with E-state index in [1.54, 1.807) is 6.92 Å². The molecule has 0 amide bonds. The molecule has 1 unspecified atom stereocenters. The van der Waals surface area contributed by atoms with E-state index >= 15 is 0 Å². The molecular weight excluding hydrogens is 216 g/mol. The van der Waals surface area contributed by atoms with Crippen LogP contribution in [0.5, 0.6) is 0 Å². The van der Waals surface area contributed by atoms with Crippen molar-refractivity contribution in [1.82, 2.24) is 0 Å². The van der Waals surface area contributed by atoms with Gasteiger partial charge in [-0.05, 0) is 26.2 Å². The first-order valence-electron chi connectivity index (χ1n) is 5.20. The van der Waals surface area contributed by atoms with E-state index in [1.807, 2.05) is 6.92 Å². The Morgan fingerprint density at radius 3 is 2.33 bits per heavy atom. The number of halogens is 1. The lowest BCUT2D eigenvalue weighted by molar-refractivity contribution is -0.157. The van der Waals surface area contributed by atoms with Crippen LogP contribution in [0.1, 0.15) is 39.5 Å². The number of carbonyl (C=O) groups is 2. The molecule has 0 aromatic carbocycles. The fourth-order valence-electron chi connectivity index (χ4n) is 1.34. The lowest BCUT2D eigenvalue weighted by Gasteiger charge is -2.23. The highest BCUT2D eigenvalue weighted by molar-refractivity contribution is 6.17. The highest BCUT2D eigenvalue weighted by atomic mass is 35.5. The van der Waals surface area contributed by atoms with Crippen molar-refractivity contribution in [3.8, 4) is 0 Å². The Hall–Kier alpha value is -0.570. The first-order chi connectivity index (χ1) is 7.02. The molecule has 15 heavy (non-hydrogen) atoms. The molecule has 0 aliphatic heterocycles. The Kier molecular flexibility index (Phi) is 6.57. The molecule has 0 saturated carbocycles. The van der Waals surface area contributed by atoms with Crippen LogP contribution in [0.2, 0.25) is 0 Å². The summed E-state index contributed by atoms with van der Waals surface area (Å²) in [6.45, 7) is 3.46. The smallest absolute Gasteiger partial charge is 0.319 e. The number of hydrogen-bond donors (Lipinski definition) is 0. The van der Waals surface area contributed by atoms with E-state index in [1.165, 1.54) is 7.11 Å². The predicted octanol–water partition coefficient (Wildman–Crippen LogP) is 2.55. The molecule has 0 heterocycles. The molecule has 0 rings (SSSR count). The first-order valence-corrected chi connectivity index (χ1v) is 5.74. The van der Waals surface area contributed by atoms with E-state index in [-0.39, 0.29) is 5.78 Å². The summed E-state index contributed by atoms with van der Waals surface area (Å²) in [5.41, 5.74) is -0.985. The normalized spacial score (nSPS) is 14.4. The molecule has 3 nitrogen and oxygen atoms in total. The summed E-state index contributed by atoms with van der Waals surface area (Å²) in [5, 5.41) is 0. The van der Waals surface area contributed by atoms with Gasteiger partial charge in [-0.25, -0.2) is 0 Å². The van der Waals surface area contributed by atoms with Gasteiger partial charge in [0.15, 0.2) is 0 Å². The fraction of sp³-hybridized carbons (Fsp3) is 0.818. The second kappa shape index (κ2) is 6.83. The molecule has 0 aliphatic rings. The highest BCUT2D eigenvalue weighted by Crippen LogP contribution is 2.26. The van der Waals surface area contributed by atoms with Gasteiger partial charge >= 0.3 is 5.97 Å². The predicted molar refractivity (Wildman–Crippen MR) is 60.0 cm³/mol. The number of ether oxygens (including phenoxy) is 1. The van der Waals surface area contributed by atoms with Crippen LogP contribution in [0.3, 0.4) is 0 Å². The molecule has 1 atom stereocenters. The molecular formula is C11H19ClO3. The first kappa shape index (κ1) is 14.4. The number of Topliss-reactive ketones (excluding diaryl/α,β-unsaturated/α-hetero) is 1. The molecule has 4 heteroatoms. The van der Waals surface area contributed by atoms with Crippen molar-refractivity contribution in [2.24, 2.45) is 5.41 Å². The molecule has 0 aromatic rings. The number of carbonyl (C=O) groups excluding carboxylic acids is 2. The van der Waals surface area contributed by atoms with Gasteiger partial charge in [0.1, 0.15) is 11.2 Å². The van der Waals surface area contributed by atoms with Crippen LogP contribution in [-0.2, 0) is 14.3 Å². The minimum atomic E-state index is -0.985. The number of ketones is 1. The van der Waals surface area contributed by atoms with Crippen molar-refractivity contribution in [2.45, 2.75) is 39.5 Å². The molecule has 0 aromatic heterocycles. The van der Waals surface area contributed by atoms with Gasteiger partial charge in [-0.2, -0.15) is 0 Å². The van der Waals surface area contributed by atoms with Crippen LogP contribution in [0.25, 0.3) is 0 Å². The minimum absolute atomic E-state index is 0.0537. The van der Waals surface area contributed by atoms with Crippen molar-refractivity contribution in [3.05, 3.63) is 0 Å². The Labute approximate surface area is 96.1 Å². The van der Waals surface area contributed by atoms with Crippen LogP contribution < -0.4 is 0 Å². The van der Waals surface area contributed by atoms with Gasteiger partial charge in [-0.3, -0.25) is 9.59 Å². The van der Waals surface area contributed by atoms with Gasteiger partial charge in [-0.1, -0.05) is 6.92 Å². The average molecular weight is 235 g/mol. The Morgan fingerprint density at radius 1 is 1.33 bits per heavy atom. The van der Waals surface area contributed by atoms with Crippen LogP contribution in [-0.4, -0.2) is 24.7 Å². The largest absolute Gasteiger partial charge is 0.468 e. The van der Waals surface area contributed by atoms with Gasteiger partial charge in [-0.15, -0.1) is 11.6 Å². The monoisotopic (exact) mass is 234 g/mol. The third kappa shape index (κ3) is 3.82. The number of esters is 1. The third-order valence-electron chi connectivity index (χ3n) is 2.75. The molecule has 0 bridgehead atoms. The lowest BCUT2D eigenvalue weighted by atomic mass is 9.81. The van der Waals surface area contributed by atoms with E-state index in [0.717, 1.165) is 12.8 Å². The Bertz CT molecular complexity index is 228. The quantitative estimate of drug-likeness (QED) is 0.294. The van der Waals surface area contributed by atoms with Gasteiger partial charge in [0.2, 0.25) is 0 Å². The highest BCUT2D eigenvalue weighted by Gasteiger charge is 2.39. The molecule has 0 spiro atoms. The fourth-order valence-corrected chi connectivity index (χ4v) is 1.53. The van der Waals surface area contributed by atoms with E-state index < -0.39 is 11.4 Å². The number of hydrogen-bond acceptors (Lipinski definition) is 3. The summed E-state index contributed by atoms with van der Waals surface area (Å²) in [6.07, 6.45) is 2.40. The van der Waals surface area contributed by atoms with Gasteiger partial charge < -0.3 is 4.74 Å². The average Bonchev–Trinajstić information content (AvgIpc) is 2.26. The lowest BCUT2D eigenvalue weighted by Crippen LogP contribution is -2.36. The molecule has 0 fully saturated rings. The Morgan fingerprint density at radius 2 is 1.93 bits per heavy atom. The number of unbranched alkanes of at least 4 members (excludes halogenated alkanes) is 1. The standard InChI is InChI=1S/C11H19ClO3/c1-4-11(2,10(14)15-3)9(13)7-5-6-8-12/h4-8H2,1-3H3. The zero-order chi connectivity index (χ0) is 11.9. The molecule has 0 saturated heterocycles. The van der Waals surface area contributed by atoms with E-state index in [2.05, 4.69) is 4.74 Å². The van der Waals surface area contributed by atoms with Crippen molar-refractivity contribution in [2.75, 3.05) is 13.0 Å². The van der Waals surface area contributed by atoms with Crippen molar-refractivity contribution in [1.29, 1.82) is 0 Å². The van der Waals surface area contributed by atoms with Gasteiger partial charge in [0.05, 0.1) is 7.11 Å². The number of rotatable bonds is 7. The maximum atomic E-state index is 11.8. The van der Waals surface area contributed by atoms with Crippen LogP contribution in [0.15, 0.2) is 0 Å². The summed E-state index contributed by atoms with van der Waals surface area (Å²) in [4.78, 5) is 23.3. The molecule has 0 aliphatic carbocycles. The van der Waals surface area contributed by atoms with Crippen molar-refractivity contribution < 1.29 is 14.3 Å². The zero-order valence-corrected chi connectivity index (χ0v) is 10.4. The minimum Gasteiger partial charge on any atom is -0.468 e. The number of alkyl halides is 1. The SMILES string of the molecule is CCC(C)(C(=O)CCCCCl)C(=O)OC. The van der Waals surface area contributed by atoms with Crippen molar-refractivity contribution >= 4 is 23.4 Å². The van der Waals surface area contributed by atoms with E-state index in [0.29, 0.717) is 18.7 Å². The maximum absolute atomic E-state index is 11.8. The summed E-state index contributed by atoms with van der Waals surface area (Å²) in [7, 11) is 1.31. The third-order valence-corrected chi connectivity index (χ3v) is 3.01.